The molecule has 0 atom stereocenters. The Labute approximate surface area is 165 Å². The van der Waals surface area contributed by atoms with Gasteiger partial charge in [0.2, 0.25) is 0 Å². The minimum atomic E-state index is -2.33. The van der Waals surface area contributed by atoms with Crippen molar-refractivity contribution in [3.8, 4) is 0 Å². The number of hydrogen-bond acceptors (Lipinski definition) is 3. The molecule has 3 nitrogen and oxygen atoms in total. The van der Waals surface area contributed by atoms with Gasteiger partial charge in [0.1, 0.15) is 0 Å². The van der Waals surface area contributed by atoms with Crippen LogP contribution in [0.4, 0.5) is 4.79 Å². The molecule has 0 aromatic heterocycles. The van der Waals surface area contributed by atoms with E-state index in [1.165, 1.54) is 0 Å². The van der Waals surface area contributed by atoms with E-state index in [0.717, 1.165) is 0 Å². The molecule has 7 heavy (non-hydrogen) atoms. The summed E-state index contributed by atoms with van der Waals surface area (Å²) < 4.78 is 0. The van der Waals surface area contributed by atoms with Crippen LogP contribution in [0.1, 0.15) is 0 Å². The molecule has 6 heteroatoms. The summed E-state index contributed by atoms with van der Waals surface area (Å²) in [6, 6.07) is 0. The monoisotopic (exact) mass is 255 g/mol. The van der Waals surface area contributed by atoms with Crippen LogP contribution in [0.3, 0.4) is 0 Å². The summed E-state index contributed by atoms with van der Waals surface area (Å²) >= 11 is 0. The largest absolute Gasteiger partial charge is 1.00 e. The van der Waals surface area contributed by atoms with Gasteiger partial charge in [0.25, 0.3) is 0 Å². The quantitative estimate of drug-likeness (QED) is 0.404. The van der Waals surface area contributed by atoms with Gasteiger partial charge < -0.3 is 15.0 Å². The number of carbonyl (C=O) groups is 1. The molecule has 0 aliphatic rings. The molecular weight excluding hydrogens is 255 g/mol. The van der Waals surface area contributed by atoms with E-state index in [0.29, 0.717) is 0 Å². The molecule has 0 aromatic carbocycles. The third-order valence-electron chi connectivity index (χ3n) is 0. The van der Waals surface area contributed by atoms with Crippen LogP contribution in [-0.2, 0) is 0 Å². The minimum Gasteiger partial charge on any atom is -0.652 e. The summed E-state index contributed by atoms with van der Waals surface area (Å²) in [5.41, 5.74) is 0. The second-order valence-electron chi connectivity index (χ2n) is 0.250. The van der Waals surface area contributed by atoms with E-state index in [1.807, 2.05) is 0 Å². The molecule has 0 aromatic rings. The van der Waals surface area contributed by atoms with Crippen LogP contribution in [0, 0.1) is 0 Å². The smallest absolute Gasteiger partial charge is 0.652 e. The summed E-state index contributed by atoms with van der Waals surface area (Å²) in [4.78, 5) is 8.33. The molecule has 0 heterocycles. The molecule has 0 spiro atoms. The van der Waals surface area contributed by atoms with Crippen LogP contribution in [0.2, 0.25) is 0 Å². The average molecular weight is 255 g/mol. The molecule has 0 rings (SSSR count). The van der Waals surface area contributed by atoms with E-state index in [1.54, 1.807) is 0 Å². The zero-order valence-electron chi connectivity index (χ0n) is 4.72. The predicted octanol–water partition coefficient (Wildman–Crippen LogP) is -11.4. The third-order valence-corrected chi connectivity index (χ3v) is 0. The van der Waals surface area contributed by atoms with E-state index in [2.05, 4.69) is 0 Å². The molecule has 0 N–H and O–H groups in total. The number of rotatable bonds is 0. The molecule has 0 bridgehead atoms. The molecule has 24 valence electrons. The minimum absolute atomic E-state index is 0. The predicted molar refractivity (Wildman–Crippen MR) is 5.40 cm³/mol. The van der Waals surface area contributed by atoms with Gasteiger partial charge in [0.15, 0.2) is 0 Å². The fourth-order valence-electron chi connectivity index (χ4n) is 0. The van der Waals surface area contributed by atoms with Crippen LogP contribution in [0.25, 0.3) is 0 Å². The van der Waals surface area contributed by atoms with Gasteiger partial charge >= 0.3 is 150 Å². The topological polar surface area (TPSA) is 63.2 Å². The second kappa shape index (κ2) is 16.5. The molecule has 0 amide bonds. The Balaban J connectivity index is -0.0000000150. The molecule has 0 aliphatic heterocycles. The standard InChI is InChI=1S/CH2O3.Cs.K.Na/c2-1(3)4;;;/h(H2,2,3,4);;;/q;3*+1/p-2. The van der Waals surface area contributed by atoms with Gasteiger partial charge in [-0.3, -0.25) is 0 Å². The Morgan fingerprint density at radius 3 is 1.29 bits per heavy atom. The summed E-state index contributed by atoms with van der Waals surface area (Å²) in [6.07, 6.45) is -2.33. The first kappa shape index (κ1) is 22.4. The molecule has 0 unspecified atom stereocenters. The van der Waals surface area contributed by atoms with Crippen molar-refractivity contribution in [2.24, 2.45) is 0 Å². The SMILES string of the molecule is O=C([O-])[O-].[Cs+].[K+].[Na+]. The van der Waals surface area contributed by atoms with Gasteiger partial charge in [-0.25, -0.2) is 0 Å². The maximum absolute atomic E-state index is 8.33. The van der Waals surface area contributed by atoms with Gasteiger partial charge in [-0.15, -0.1) is 0 Å². The molecular formula is CCsKNaO3+. The zero-order valence-corrected chi connectivity index (χ0v) is 16.1. The van der Waals surface area contributed by atoms with Crippen molar-refractivity contribution < 1.29 is 165 Å². The van der Waals surface area contributed by atoms with Crippen molar-refractivity contribution in [1.82, 2.24) is 0 Å². The Bertz CT molecular complexity index is 37.9. The van der Waals surface area contributed by atoms with Gasteiger partial charge in [-0.1, -0.05) is 0 Å². The molecule has 0 aliphatic carbocycles. The number of hydrogen-bond donors (Lipinski definition) is 0. The Morgan fingerprint density at radius 2 is 1.29 bits per heavy atom. The van der Waals surface area contributed by atoms with Crippen LogP contribution in [0.5, 0.6) is 0 Å². The van der Waals surface area contributed by atoms with Crippen LogP contribution >= 0.6 is 0 Å². The van der Waals surface area contributed by atoms with E-state index >= 15 is 0 Å². The normalized spacial score (nSPS) is 3.43. The first-order valence-electron chi connectivity index (χ1n) is 0.612. The van der Waals surface area contributed by atoms with E-state index in [4.69, 9.17) is 15.0 Å². The number of carboxylic acid groups (broad SMARTS) is 2. The first-order valence-corrected chi connectivity index (χ1v) is 0.612. The maximum atomic E-state index is 8.33. The molecule has 0 saturated carbocycles. The van der Waals surface area contributed by atoms with Crippen LogP contribution in [0.15, 0.2) is 0 Å². The van der Waals surface area contributed by atoms with Crippen molar-refractivity contribution >= 4 is 6.16 Å². The van der Waals surface area contributed by atoms with Gasteiger partial charge in [-0.2, -0.15) is 0 Å². The molecule has 0 fully saturated rings. The summed E-state index contributed by atoms with van der Waals surface area (Å²) in [5.74, 6) is 0. The summed E-state index contributed by atoms with van der Waals surface area (Å²) in [5, 5.41) is 16.7. The Hall–Kier alpha value is 3.96. The average Bonchev–Trinajstić information content (AvgIpc) is 0.811. The van der Waals surface area contributed by atoms with Crippen molar-refractivity contribution in [1.29, 1.82) is 0 Å². The molecule has 0 saturated heterocycles. The van der Waals surface area contributed by atoms with Crippen molar-refractivity contribution in [2.75, 3.05) is 0 Å². The van der Waals surface area contributed by atoms with Crippen molar-refractivity contribution in [3.63, 3.8) is 0 Å². The van der Waals surface area contributed by atoms with E-state index < -0.39 is 6.16 Å². The summed E-state index contributed by atoms with van der Waals surface area (Å²) in [7, 11) is 0. The first-order chi connectivity index (χ1) is 1.73. The fraction of sp³-hybridized carbons (Fsp3) is 0. The zero-order chi connectivity index (χ0) is 3.58. The van der Waals surface area contributed by atoms with Crippen LogP contribution < -0.4 is 160 Å². The van der Waals surface area contributed by atoms with Crippen molar-refractivity contribution in [3.05, 3.63) is 0 Å². The van der Waals surface area contributed by atoms with E-state index in [-0.39, 0.29) is 150 Å². The van der Waals surface area contributed by atoms with Gasteiger partial charge in [0.05, 0.1) is 0 Å². The van der Waals surface area contributed by atoms with Gasteiger partial charge in [0, 0.05) is 0 Å². The van der Waals surface area contributed by atoms with Gasteiger partial charge in [-0.05, 0) is 6.16 Å². The van der Waals surface area contributed by atoms with Crippen LogP contribution in [-0.4, -0.2) is 6.16 Å². The fourth-order valence-corrected chi connectivity index (χ4v) is 0. The maximum Gasteiger partial charge on any atom is 1.00 e. The number of carbonyl (C=O) groups excluding carboxylic acids is 1. The molecule has 0 radical (unpaired) electrons. The van der Waals surface area contributed by atoms with E-state index in [9.17, 15) is 0 Å². The third kappa shape index (κ3) is 40.3. The Morgan fingerprint density at radius 1 is 1.29 bits per heavy atom. The second-order valence-corrected chi connectivity index (χ2v) is 0.250. The Kier molecular flexibility index (Phi) is 52.9. The van der Waals surface area contributed by atoms with Crippen molar-refractivity contribution in [2.45, 2.75) is 0 Å². The summed E-state index contributed by atoms with van der Waals surface area (Å²) in [6.45, 7) is 0.